The molecule has 0 aliphatic heterocycles. The van der Waals surface area contributed by atoms with Crippen molar-refractivity contribution in [2.45, 2.75) is 64.0 Å². The molecule has 1 saturated carbocycles. The van der Waals surface area contributed by atoms with Gasteiger partial charge in [-0.05, 0) is 45.1 Å². The van der Waals surface area contributed by atoms with E-state index in [1.807, 2.05) is 0 Å². The lowest BCUT2D eigenvalue weighted by Crippen LogP contribution is -2.46. The first-order valence-electron chi connectivity index (χ1n) is 7.46. The standard InChI is InChI=1S/C14H29NO3S/c1-4-15-13(8-6-11-19(16,17)5-2)12-14(18-3)9-7-10-14/h13,15H,4-12H2,1-3H3. The summed E-state index contributed by atoms with van der Waals surface area (Å²) >= 11 is 0. The van der Waals surface area contributed by atoms with Gasteiger partial charge in [0.15, 0.2) is 0 Å². The molecule has 19 heavy (non-hydrogen) atoms. The molecule has 0 aromatic heterocycles. The van der Waals surface area contributed by atoms with E-state index >= 15 is 0 Å². The second-order valence-electron chi connectivity index (χ2n) is 5.58. The summed E-state index contributed by atoms with van der Waals surface area (Å²) in [5.41, 5.74) is 0.0521. The van der Waals surface area contributed by atoms with Crippen molar-refractivity contribution < 1.29 is 13.2 Å². The Bertz CT molecular complexity index is 344. The Morgan fingerprint density at radius 3 is 2.42 bits per heavy atom. The first-order valence-corrected chi connectivity index (χ1v) is 9.28. The van der Waals surface area contributed by atoms with Crippen LogP contribution < -0.4 is 5.32 Å². The number of hydrogen-bond acceptors (Lipinski definition) is 4. The summed E-state index contributed by atoms with van der Waals surface area (Å²) in [5.74, 6) is 0.562. The molecular weight excluding hydrogens is 262 g/mol. The van der Waals surface area contributed by atoms with Crippen molar-refractivity contribution in [2.75, 3.05) is 25.2 Å². The van der Waals surface area contributed by atoms with E-state index in [2.05, 4.69) is 12.2 Å². The van der Waals surface area contributed by atoms with E-state index in [9.17, 15) is 8.42 Å². The molecule has 1 rings (SSSR count). The molecule has 1 N–H and O–H groups in total. The second kappa shape index (κ2) is 7.60. The second-order valence-corrected chi connectivity index (χ2v) is 8.05. The molecule has 0 bridgehead atoms. The van der Waals surface area contributed by atoms with E-state index in [4.69, 9.17) is 4.74 Å². The number of ether oxygens (including phenoxy) is 1. The van der Waals surface area contributed by atoms with Crippen molar-refractivity contribution in [1.82, 2.24) is 5.32 Å². The van der Waals surface area contributed by atoms with Gasteiger partial charge in [-0.2, -0.15) is 0 Å². The van der Waals surface area contributed by atoms with Gasteiger partial charge >= 0.3 is 0 Å². The predicted molar refractivity (Wildman–Crippen MR) is 79.2 cm³/mol. The largest absolute Gasteiger partial charge is 0.378 e. The van der Waals surface area contributed by atoms with Crippen LogP contribution >= 0.6 is 0 Å². The number of hydrogen-bond donors (Lipinski definition) is 1. The molecule has 1 aliphatic carbocycles. The number of nitrogens with one attached hydrogen (secondary N) is 1. The minimum absolute atomic E-state index is 0.0521. The molecule has 1 fully saturated rings. The van der Waals surface area contributed by atoms with Crippen LogP contribution in [0, 0.1) is 0 Å². The highest BCUT2D eigenvalue weighted by molar-refractivity contribution is 7.91. The van der Waals surface area contributed by atoms with Crippen molar-refractivity contribution in [3.8, 4) is 0 Å². The minimum atomic E-state index is -2.83. The van der Waals surface area contributed by atoms with Crippen molar-refractivity contribution >= 4 is 9.84 Å². The number of rotatable bonds is 10. The third-order valence-corrected chi connectivity index (χ3v) is 6.05. The van der Waals surface area contributed by atoms with Crippen LogP contribution in [0.5, 0.6) is 0 Å². The average molecular weight is 291 g/mol. The number of sulfone groups is 1. The Morgan fingerprint density at radius 2 is 2.00 bits per heavy atom. The van der Waals surface area contributed by atoms with Gasteiger partial charge in [-0.15, -0.1) is 0 Å². The molecule has 0 amide bonds. The highest BCUT2D eigenvalue weighted by atomic mass is 32.2. The molecule has 1 unspecified atom stereocenters. The van der Waals surface area contributed by atoms with Crippen LogP contribution in [0.1, 0.15) is 52.4 Å². The Labute approximate surface area is 118 Å². The van der Waals surface area contributed by atoms with Gasteiger partial charge in [0, 0.05) is 18.9 Å². The maximum Gasteiger partial charge on any atom is 0.150 e. The van der Waals surface area contributed by atoms with E-state index in [1.165, 1.54) is 6.42 Å². The third kappa shape index (κ3) is 5.40. The van der Waals surface area contributed by atoms with E-state index in [1.54, 1.807) is 14.0 Å². The highest BCUT2D eigenvalue weighted by Gasteiger charge is 2.38. The normalized spacial score (nSPS) is 19.9. The molecule has 5 heteroatoms. The molecule has 0 radical (unpaired) electrons. The predicted octanol–water partition coefficient (Wildman–Crippen LogP) is 2.14. The van der Waals surface area contributed by atoms with Gasteiger partial charge in [0.1, 0.15) is 9.84 Å². The molecule has 1 atom stereocenters. The zero-order chi connectivity index (χ0) is 14.4. The zero-order valence-electron chi connectivity index (χ0n) is 12.6. The number of methoxy groups -OCH3 is 1. The lowest BCUT2D eigenvalue weighted by Gasteiger charge is -2.43. The molecule has 114 valence electrons. The van der Waals surface area contributed by atoms with E-state index < -0.39 is 9.84 Å². The van der Waals surface area contributed by atoms with Gasteiger partial charge in [-0.3, -0.25) is 0 Å². The first-order chi connectivity index (χ1) is 8.97. The fourth-order valence-corrected chi connectivity index (χ4v) is 3.67. The van der Waals surface area contributed by atoms with Crippen LogP contribution in [0.25, 0.3) is 0 Å². The summed E-state index contributed by atoms with van der Waals surface area (Å²) in [4.78, 5) is 0. The Kier molecular flexibility index (Phi) is 6.77. The third-order valence-electron chi connectivity index (χ3n) is 4.26. The zero-order valence-corrected chi connectivity index (χ0v) is 13.4. The Hall–Kier alpha value is -0.130. The van der Waals surface area contributed by atoms with Crippen LogP contribution in [0.2, 0.25) is 0 Å². The SMILES string of the molecule is CCNC(CCCS(=O)(=O)CC)CC1(OC)CCC1. The van der Waals surface area contributed by atoms with Gasteiger partial charge in [0.25, 0.3) is 0 Å². The van der Waals surface area contributed by atoms with Crippen molar-refractivity contribution in [1.29, 1.82) is 0 Å². The summed E-state index contributed by atoms with van der Waals surface area (Å²) in [6, 6.07) is 0.373. The minimum Gasteiger partial charge on any atom is -0.378 e. The van der Waals surface area contributed by atoms with Gasteiger partial charge < -0.3 is 10.1 Å². The monoisotopic (exact) mass is 291 g/mol. The lowest BCUT2D eigenvalue weighted by atomic mass is 9.75. The first kappa shape index (κ1) is 16.9. The smallest absolute Gasteiger partial charge is 0.150 e. The van der Waals surface area contributed by atoms with Crippen LogP contribution in [-0.2, 0) is 14.6 Å². The molecule has 1 aliphatic rings. The summed E-state index contributed by atoms with van der Waals surface area (Å²) < 4.78 is 28.7. The molecular formula is C14H29NO3S. The Balaban J connectivity index is 2.40. The Morgan fingerprint density at radius 1 is 1.32 bits per heavy atom. The quantitative estimate of drug-likeness (QED) is 0.670. The molecule has 4 nitrogen and oxygen atoms in total. The van der Waals surface area contributed by atoms with E-state index in [-0.39, 0.29) is 11.4 Å². The van der Waals surface area contributed by atoms with Crippen LogP contribution in [0.15, 0.2) is 0 Å². The van der Waals surface area contributed by atoms with Crippen LogP contribution in [-0.4, -0.2) is 45.2 Å². The summed E-state index contributed by atoms with van der Waals surface area (Å²) in [6.45, 7) is 4.73. The maximum atomic E-state index is 11.5. The summed E-state index contributed by atoms with van der Waals surface area (Å²) in [6.07, 6.45) is 6.18. The summed E-state index contributed by atoms with van der Waals surface area (Å²) in [5, 5.41) is 3.47. The maximum absolute atomic E-state index is 11.5. The molecule has 0 heterocycles. The van der Waals surface area contributed by atoms with Crippen molar-refractivity contribution in [2.24, 2.45) is 0 Å². The van der Waals surface area contributed by atoms with Crippen LogP contribution in [0.3, 0.4) is 0 Å². The highest BCUT2D eigenvalue weighted by Crippen LogP contribution is 2.39. The van der Waals surface area contributed by atoms with Gasteiger partial charge in [0.05, 0.1) is 11.4 Å². The molecule has 0 saturated heterocycles. The fraction of sp³-hybridized carbons (Fsp3) is 1.00. The fourth-order valence-electron chi connectivity index (χ4n) is 2.77. The van der Waals surface area contributed by atoms with Gasteiger partial charge in [0.2, 0.25) is 0 Å². The van der Waals surface area contributed by atoms with E-state index in [0.29, 0.717) is 11.8 Å². The van der Waals surface area contributed by atoms with E-state index in [0.717, 1.165) is 38.6 Å². The van der Waals surface area contributed by atoms with Crippen molar-refractivity contribution in [3.05, 3.63) is 0 Å². The van der Waals surface area contributed by atoms with Gasteiger partial charge in [-0.25, -0.2) is 8.42 Å². The topological polar surface area (TPSA) is 55.4 Å². The average Bonchev–Trinajstić information content (AvgIpc) is 2.33. The van der Waals surface area contributed by atoms with Crippen molar-refractivity contribution in [3.63, 3.8) is 0 Å². The van der Waals surface area contributed by atoms with Gasteiger partial charge in [-0.1, -0.05) is 13.8 Å². The lowest BCUT2D eigenvalue weighted by molar-refractivity contribution is -0.0838. The molecule has 0 aromatic carbocycles. The molecule has 0 aromatic rings. The molecule has 0 spiro atoms. The van der Waals surface area contributed by atoms with Crippen LogP contribution in [0.4, 0.5) is 0 Å². The summed E-state index contributed by atoms with van der Waals surface area (Å²) in [7, 11) is -1.03.